The molecule has 6 nitrogen and oxygen atoms in total. The third-order valence-corrected chi connectivity index (χ3v) is 4.63. The zero-order chi connectivity index (χ0) is 22.1. The lowest BCUT2D eigenvalue weighted by atomic mass is 9.94. The molecule has 0 spiro atoms. The molecule has 0 heterocycles. The second-order valence-electron chi connectivity index (χ2n) is 6.98. The van der Waals surface area contributed by atoms with Gasteiger partial charge in [-0.3, -0.25) is 19.7 Å². The highest BCUT2D eigenvalue weighted by molar-refractivity contribution is 5.92. The van der Waals surface area contributed by atoms with Crippen LogP contribution in [0.5, 0.6) is 0 Å². The molecule has 0 fully saturated rings. The molecule has 0 N–H and O–H groups in total. The van der Waals surface area contributed by atoms with Crippen molar-refractivity contribution < 1.29 is 23.6 Å². The lowest BCUT2D eigenvalue weighted by Gasteiger charge is -2.13. The van der Waals surface area contributed by atoms with Gasteiger partial charge in [-0.2, -0.15) is 0 Å². The van der Waals surface area contributed by atoms with Crippen LogP contribution in [0.3, 0.4) is 0 Å². The first kappa shape index (κ1) is 22.9. The second-order valence-corrected chi connectivity index (χ2v) is 6.98. The molecule has 0 aromatic heterocycles. The summed E-state index contributed by atoms with van der Waals surface area (Å²) < 4.78 is 18.2. The summed E-state index contributed by atoms with van der Waals surface area (Å²) in [7, 11) is 0. The molecular weight excluding hydrogens is 389 g/mol. The van der Waals surface area contributed by atoms with E-state index in [0.717, 1.165) is 11.1 Å². The molecule has 0 bridgehead atoms. The summed E-state index contributed by atoms with van der Waals surface area (Å²) in [5, 5.41) is 10.7. The molecule has 0 radical (unpaired) electrons. The number of carbonyl (C=O) groups excluding carboxylic acids is 2. The Labute approximate surface area is 174 Å². The number of hydrogen-bond acceptors (Lipinski definition) is 5. The fourth-order valence-corrected chi connectivity index (χ4v) is 2.94. The average Bonchev–Trinajstić information content (AvgIpc) is 2.72. The summed E-state index contributed by atoms with van der Waals surface area (Å²) in [6, 6.07) is 11.9. The van der Waals surface area contributed by atoms with Crippen molar-refractivity contribution in [2.75, 3.05) is 6.61 Å². The van der Waals surface area contributed by atoms with Crippen LogP contribution in [-0.4, -0.2) is 23.3 Å². The molecule has 0 saturated heterocycles. The normalized spacial score (nSPS) is 13.0. The van der Waals surface area contributed by atoms with Gasteiger partial charge in [-0.25, -0.2) is 4.39 Å². The number of ketones is 1. The smallest absolute Gasteiger partial charge is 0.313 e. The van der Waals surface area contributed by atoms with E-state index in [2.05, 4.69) is 0 Å². The molecule has 0 saturated carbocycles. The van der Waals surface area contributed by atoms with Gasteiger partial charge in [-0.15, -0.1) is 0 Å². The van der Waals surface area contributed by atoms with Crippen molar-refractivity contribution in [2.24, 2.45) is 11.8 Å². The third-order valence-electron chi connectivity index (χ3n) is 4.63. The van der Waals surface area contributed by atoms with Gasteiger partial charge in [-0.05, 0) is 49.1 Å². The van der Waals surface area contributed by atoms with Crippen LogP contribution in [-0.2, 0) is 27.2 Å². The van der Waals surface area contributed by atoms with Crippen molar-refractivity contribution in [1.29, 1.82) is 0 Å². The van der Waals surface area contributed by atoms with Crippen LogP contribution in [0.25, 0.3) is 0 Å². The van der Waals surface area contributed by atoms with Crippen molar-refractivity contribution in [3.63, 3.8) is 0 Å². The maximum atomic E-state index is 13.1. The fourth-order valence-electron chi connectivity index (χ4n) is 2.94. The molecule has 7 heteroatoms. The number of ether oxygens (including phenoxy) is 1. The van der Waals surface area contributed by atoms with E-state index in [1.54, 1.807) is 38.1 Å². The van der Waals surface area contributed by atoms with E-state index in [0.29, 0.717) is 12.8 Å². The number of nitro benzene ring substituents is 1. The van der Waals surface area contributed by atoms with Crippen LogP contribution in [0.4, 0.5) is 10.1 Å². The van der Waals surface area contributed by atoms with Gasteiger partial charge >= 0.3 is 5.97 Å². The molecule has 1 unspecified atom stereocenters. The molecule has 2 rings (SSSR count). The first-order chi connectivity index (χ1) is 14.3. The predicted molar refractivity (Wildman–Crippen MR) is 110 cm³/mol. The largest absolute Gasteiger partial charge is 0.466 e. The van der Waals surface area contributed by atoms with Crippen molar-refractivity contribution in [2.45, 2.75) is 26.7 Å². The van der Waals surface area contributed by atoms with Crippen LogP contribution in [0.15, 0.2) is 60.7 Å². The van der Waals surface area contributed by atoms with E-state index in [1.807, 2.05) is 0 Å². The molecule has 0 aliphatic carbocycles. The molecule has 0 amide bonds. The number of non-ortho nitro benzene ring substituents is 1. The van der Waals surface area contributed by atoms with E-state index in [4.69, 9.17) is 4.74 Å². The van der Waals surface area contributed by atoms with Crippen molar-refractivity contribution in [1.82, 2.24) is 0 Å². The number of esters is 1. The summed E-state index contributed by atoms with van der Waals surface area (Å²) in [5.41, 5.74) is 1.56. The summed E-state index contributed by atoms with van der Waals surface area (Å²) >= 11 is 0. The maximum Gasteiger partial charge on any atom is 0.313 e. The summed E-state index contributed by atoms with van der Waals surface area (Å²) in [6.45, 7) is 3.68. The summed E-state index contributed by atoms with van der Waals surface area (Å²) in [6.07, 6.45) is 3.61. The molecule has 0 aliphatic heterocycles. The number of nitrogens with zero attached hydrogens (tertiary/aromatic N) is 1. The lowest BCUT2D eigenvalue weighted by molar-refractivity contribution is -0.384. The number of allylic oxidation sites excluding steroid dienone is 1. The summed E-state index contributed by atoms with van der Waals surface area (Å²) in [4.78, 5) is 35.0. The Morgan fingerprint density at radius 3 is 2.20 bits per heavy atom. The monoisotopic (exact) mass is 413 g/mol. The van der Waals surface area contributed by atoms with Gasteiger partial charge in [0.2, 0.25) is 0 Å². The first-order valence-corrected chi connectivity index (χ1v) is 9.66. The summed E-state index contributed by atoms with van der Waals surface area (Å²) in [5.74, 6) is -2.00. The zero-order valence-corrected chi connectivity index (χ0v) is 16.9. The van der Waals surface area contributed by atoms with Gasteiger partial charge in [0.25, 0.3) is 5.69 Å². The van der Waals surface area contributed by atoms with Crippen LogP contribution in [0.1, 0.15) is 25.0 Å². The Morgan fingerprint density at radius 2 is 1.63 bits per heavy atom. The van der Waals surface area contributed by atoms with Crippen molar-refractivity contribution in [3.8, 4) is 0 Å². The van der Waals surface area contributed by atoms with Gasteiger partial charge in [0.05, 0.1) is 17.4 Å². The minimum absolute atomic E-state index is 0.00398. The molecule has 2 aromatic carbocycles. The molecule has 0 aliphatic rings. The number of hydrogen-bond donors (Lipinski definition) is 0. The zero-order valence-electron chi connectivity index (χ0n) is 16.9. The minimum atomic E-state index is -0.661. The highest BCUT2D eigenvalue weighted by Crippen LogP contribution is 2.17. The predicted octanol–water partition coefficient (Wildman–Crippen LogP) is 4.46. The standard InChI is InChI=1S/C23H24FNO5/c1-3-30-23(27)19(15-18-4-9-20(24)10-5-18)8-13-22(26)16(2)14-17-6-11-21(12-7-17)25(28)29/h4-13,16,19H,3,14-15H2,1-2H3/b13-8+/t16-,19?/m0/s1. The lowest BCUT2D eigenvalue weighted by Crippen LogP contribution is -2.19. The molecule has 30 heavy (non-hydrogen) atoms. The van der Waals surface area contributed by atoms with Crippen LogP contribution in [0.2, 0.25) is 0 Å². The van der Waals surface area contributed by atoms with Gasteiger partial charge < -0.3 is 4.74 Å². The number of nitro groups is 1. The van der Waals surface area contributed by atoms with E-state index >= 15 is 0 Å². The average molecular weight is 413 g/mol. The topological polar surface area (TPSA) is 86.5 Å². The highest BCUT2D eigenvalue weighted by atomic mass is 19.1. The fraction of sp³-hybridized carbons (Fsp3) is 0.304. The number of benzene rings is 2. The van der Waals surface area contributed by atoms with Gasteiger partial charge in [-0.1, -0.05) is 37.3 Å². The number of carbonyl (C=O) groups is 2. The molecule has 158 valence electrons. The van der Waals surface area contributed by atoms with E-state index in [9.17, 15) is 24.1 Å². The molecule has 2 aromatic rings. The highest BCUT2D eigenvalue weighted by Gasteiger charge is 2.19. The SMILES string of the molecule is CCOC(=O)C(/C=C/C(=O)[C@@H](C)Cc1ccc([N+](=O)[O-])cc1)Cc1ccc(F)cc1. The number of halogens is 1. The minimum Gasteiger partial charge on any atom is -0.466 e. The maximum absolute atomic E-state index is 13.1. The Hall–Kier alpha value is -3.35. The quantitative estimate of drug-likeness (QED) is 0.248. The van der Waals surface area contributed by atoms with Crippen LogP contribution >= 0.6 is 0 Å². The van der Waals surface area contributed by atoms with Crippen LogP contribution in [0, 0.1) is 27.8 Å². The van der Waals surface area contributed by atoms with Crippen LogP contribution < -0.4 is 0 Å². The molecule has 2 atom stereocenters. The Bertz CT molecular complexity index is 906. The van der Waals surface area contributed by atoms with Gasteiger partial charge in [0.1, 0.15) is 5.82 Å². The van der Waals surface area contributed by atoms with Crippen molar-refractivity contribution in [3.05, 3.63) is 87.7 Å². The third kappa shape index (κ3) is 6.92. The second kappa shape index (κ2) is 11.0. The van der Waals surface area contributed by atoms with E-state index < -0.39 is 16.8 Å². The van der Waals surface area contributed by atoms with E-state index in [-0.39, 0.29) is 29.8 Å². The van der Waals surface area contributed by atoms with Gasteiger partial charge in [0.15, 0.2) is 5.78 Å². The number of rotatable bonds is 10. The Morgan fingerprint density at radius 1 is 1.07 bits per heavy atom. The van der Waals surface area contributed by atoms with Gasteiger partial charge in [0, 0.05) is 18.1 Å². The Balaban J connectivity index is 2.04. The van der Waals surface area contributed by atoms with Crippen molar-refractivity contribution >= 4 is 17.4 Å². The Kier molecular flexibility index (Phi) is 8.41. The molecular formula is C23H24FNO5. The first-order valence-electron chi connectivity index (χ1n) is 9.66. The van der Waals surface area contributed by atoms with E-state index in [1.165, 1.54) is 36.4 Å².